The van der Waals surface area contributed by atoms with Gasteiger partial charge in [-0.2, -0.15) is 4.99 Å². The van der Waals surface area contributed by atoms with E-state index in [-0.39, 0.29) is 13.2 Å². The van der Waals surface area contributed by atoms with Gasteiger partial charge < -0.3 is 18.8 Å². The third-order valence-corrected chi connectivity index (χ3v) is 4.80. The normalized spacial score (nSPS) is 11.4. The van der Waals surface area contributed by atoms with Gasteiger partial charge in [-0.05, 0) is 36.4 Å². The molecule has 140 valence electrons. The molecule has 0 aliphatic rings. The first-order valence-corrected chi connectivity index (χ1v) is 8.92. The number of thiazole rings is 1. The molecule has 0 spiro atoms. The lowest BCUT2D eigenvalue weighted by atomic mass is 10.3. The minimum absolute atomic E-state index is 0.0219. The van der Waals surface area contributed by atoms with Gasteiger partial charge in [0.2, 0.25) is 0 Å². The predicted molar refractivity (Wildman–Crippen MR) is 101 cm³/mol. The predicted octanol–water partition coefficient (Wildman–Crippen LogP) is 2.39. The summed E-state index contributed by atoms with van der Waals surface area (Å²) in [7, 11) is 2.90. The smallest absolute Gasteiger partial charge is 0.325 e. The number of hydrogen-bond acceptors (Lipinski definition) is 6. The molecule has 7 nitrogen and oxygen atoms in total. The molecule has 0 atom stereocenters. The Morgan fingerprint density at radius 3 is 2.44 bits per heavy atom. The summed E-state index contributed by atoms with van der Waals surface area (Å²) in [6.07, 6.45) is 0. The standard InChI is InChI=1S/C19H18N2O5S/c1-24-13-7-9-14(10-8-13)26-12-17(22)20-19-21(11-18(23)25-2)15-5-3-4-6-16(15)27-19/h3-10H,11-12H2,1-2H3. The van der Waals surface area contributed by atoms with Crippen LogP contribution in [0.2, 0.25) is 0 Å². The number of esters is 1. The van der Waals surface area contributed by atoms with Crippen LogP contribution in [0.3, 0.4) is 0 Å². The van der Waals surface area contributed by atoms with E-state index in [2.05, 4.69) is 4.99 Å². The minimum Gasteiger partial charge on any atom is -0.497 e. The van der Waals surface area contributed by atoms with E-state index in [1.807, 2.05) is 24.3 Å². The van der Waals surface area contributed by atoms with Crippen LogP contribution >= 0.6 is 11.3 Å². The van der Waals surface area contributed by atoms with Gasteiger partial charge in [-0.1, -0.05) is 23.5 Å². The number of carbonyl (C=O) groups is 2. The highest BCUT2D eigenvalue weighted by molar-refractivity contribution is 7.16. The molecule has 0 aliphatic heterocycles. The van der Waals surface area contributed by atoms with Gasteiger partial charge in [0.05, 0.1) is 24.4 Å². The number of aromatic nitrogens is 1. The molecule has 27 heavy (non-hydrogen) atoms. The monoisotopic (exact) mass is 386 g/mol. The van der Waals surface area contributed by atoms with Crippen molar-refractivity contribution in [3.63, 3.8) is 0 Å². The maximum absolute atomic E-state index is 12.3. The molecule has 0 saturated carbocycles. The van der Waals surface area contributed by atoms with Gasteiger partial charge in [-0.15, -0.1) is 0 Å². The maximum atomic E-state index is 12.3. The first-order chi connectivity index (χ1) is 13.1. The second-order valence-electron chi connectivity index (χ2n) is 5.48. The summed E-state index contributed by atoms with van der Waals surface area (Å²) in [4.78, 5) is 28.5. The van der Waals surface area contributed by atoms with Crippen molar-refractivity contribution in [2.24, 2.45) is 4.99 Å². The largest absolute Gasteiger partial charge is 0.497 e. The molecule has 2 aromatic carbocycles. The Kier molecular flexibility index (Phi) is 5.87. The first kappa shape index (κ1) is 18.7. The molecule has 0 saturated heterocycles. The van der Waals surface area contributed by atoms with E-state index >= 15 is 0 Å². The molecule has 3 aromatic rings. The van der Waals surface area contributed by atoms with Crippen LogP contribution in [-0.2, 0) is 20.9 Å². The lowest BCUT2D eigenvalue weighted by Gasteiger charge is -2.05. The fourth-order valence-corrected chi connectivity index (χ4v) is 3.46. The van der Waals surface area contributed by atoms with E-state index < -0.39 is 11.9 Å². The highest BCUT2D eigenvalue weighted by atomic mass is 32.1. The van der Waals surface area contributed by atoms with Crippen molar-refractivity contribution in [1.29, 1.82) is 0 Å². The zero-order chi connectivity index (χ0) is 19.2. The topological polar surface area (TPSA) is 79.1 Å². The van der Waals surface area contributed by atoms with E-state index in [0.717, 1.165) is 10.2 Å². The number of para-hydroxylation sites is 1. The molecular formula is C19H18N2O5S. The van der Waals surface area contributed by atoms with Crippen LogP contribution in [0.5, 0.6) is 11.5 Å². The number of ether oxygens (including phenoxy) is 3. The van der Waals surface area contributed by atoms with Crippen molar-refractivity contribution >= 4 is 33.4 Å². The Hall–Kier alpha value is -3.13. The molecule has 0 bridgehead atoms. The number of benzene rings is 2. The first-order valence-electron chi connectivity index (χ1n) is 8.10. The summed E-state index contributed by atoms with van der Waals surface area (Å²) in [5, 5.41) is 0. The molecule has 3 rings (SSSR count). The average molecular weight is 386 g/mol. The minimum atomic E-state index is -0.448. The number of carbonyl (C=O) groups excluding carboxylic acids is 2. The van der Waals surface area contributed by atoms with E-state index in [0.29, 0.717) is 16.3 Å². The highest BCUT2D eigenvalue weighted by Gasteiger charge is 2.11. The van der Waals surface area contributed by atoms with Crippen LogP contribution in [0.25, 0.3) is 10.2 Å². The number of fused-ring (bicyclic) bond motifs is 1. The van der Waals surface area contributed by atoms with Gasteiger partial charge in [0.15, 0.2) is 11.4 Å². The SMILES string of the molecule is COC(=O)Cn1c(=NC(=O)COc2ccc(OC)cc2)sc2ccccc21. The lowest BCUT2D eigenvalue weighted by molar-refractivity contribution is -0.141. The van der Waals surface area contributed by atoms with Crippen molar-refractivity contribution in [3.8, 4) is 11.5 Å². The number of methoxy groups -OCH3 is 2. The second kappa shape index (κ2) is 8.50. The second-order valence-corrected chi connectivity index (χ2v) is 6.49. The molecule has 0 radical (unpaired) electrons. The lowest BCUT2D eigenvalue weighted by Crippen LogP contribution is -2.23. The fourth-order valence-electron chi connectivity index (χ4n) is 2.41. The molecular weight excluding hydrogens is 368 g/mol. The molecule has 0 aliphatic carbocycles. The molecule has 1 amide bonds. The van der Waals surface area contributed by atoms with Crippen molar-refractivity contribution in [1.82, 2.24) is 4.57 Å². The molecule has 1 heterocycles. The Labute approximate surface area is 159 Å². The summed E-state index contributed by atoms with van der Waals surface area (Å²) in [5.41, 5.74) is 0.815. The van der Waals surface area contributed by atoms with Crippen molar-refractivity contribution in [2.75, 3.05) is 20.8 Å². The molecule has 8 heteroatoms. The Bertz CT molecular complexity index is 1020. The van der Waals surface area contributed by atoms with Gasteiger partial charge >= 0.3 is 5.97 Å². The molecule has 0 unspecified atom stereocenters. The Morgan fingerprint density at radius 2 is 1.74 bits per heavy atom. The molecule has 0 N–H and O–H groups in total. The van der Waals surface area contributed by atoms with Crippen LogP contribution in [0.1, 0.15) is 0 Å². The van der Waals surface area contributed by atoms with Crippen molar-refractivity contribution < 1.29 is 23.8 Å². The van der Waals surface area contributed by atoms with Crippen molar-refractivity contribution in [3.05, 3.63) is 53.3 Å². The fraction of sp³-hybridized carbons (Fsp3) is 0.211. The number of nitrogens with zero attached hydrogens (tertiary/aromatic N) is 2. The maximum Gasteiger partial charge on any atom is 0.325 e. The zero-order valence-corrected chi connectivity index (χ0v) is 15.7. The van der Waals surface area contributed by atoms with E-state index in [9.17, 15) is 9.59 Å². The summed E-state index contributed by atoms with van der Waals surface area (Å²) < 4.78 is 17.9. The Morgan fingerprint density at radius 1 is 1.04 bits per heavy atom. The third-order valence-electron chi connectivity index (χ3n) is 3.75. The number of amides is 1. The number of rotatable bonds is 6. The van der Waals surface area contributed by atoms with Gasteiger partial charge in [0.1, 0.15) is 18.0 Å². The van der Waals surface area contributed by atoms with Crippen LogP contribution in [0.15, 0.2) is 53.5 Å². The van der Waals surface area contributed by atoms with Gasteiger partial charge in [0, 0.05) is 0 Å². The Balaban J connectivity index is 1.82. The van der Waals surface area contributed by atoms with Crippen LogP contribution < -0.4 is 14.3 Å². The van der Waals surface area contributed by atoms with E-state index in [1.165, 1.54) is 18.4 Å². The average Bonchev–Trinajstić information content (AvgIpc) is 3.03. The van der Waals surface area contributed by atoms with Crippen molar-refractivity contribution in [2.45, 2.75) is 6.54 Å². The van der Waals surface area contributed by atoms with Crippen LogP contribution in [0, 0.1) is 0 Å². The summed E-state index contributed by atoms with van der Waals surface area (Å²) in [5.74, 6) is 0.378. The molecule has 1 aromatic heterocycles. The zero-order valence-electron chi connectivity index (χ0n) is 14.9. The van der Waals surface area contributed by atoms with Crippen LogP contribution in [-0.4, -0.2) is 37.3 Å². The summed E-state index contributed by atoms with van der Waals surface area (Å²) in [6, 6.07) is 14.4. The van der Waals surface area contributed by atoms with Gasteiger partial charge in [-0.3, -0.25) is 9.59 Å². The highest BCUT2D eigenvalue weighted by Crippen LogP contribution is 2.18. The quantitative estimate of drug-likeness (QED) is 0.608. The summed E-state index contributed by atoms with van der Waals surface area (Å²) in [6.45, 7) is -0.231. The molecule has 0 fully saturated rings. The summed E-state index contributed by atoms with van der Waals surface area (Å²) >= 11 is 1.33. The van der Waals surface area contributed by atoms with E-state index in [4.69, 9.17) is 14.2 Å². The third kappa shape index (κ3) is 4.53. The van der Waals surface area contributed by atoms with E-state index in [1.54, 1.807) is 35.9 Å². The number of hydrogen-bond donors (Lipinski definition) is 0. The van der Waals surface area contributed by atoms with Gasteiger partial charge in [0.25, 0.3) is 5.91 Å². The van der Waals surface area contributed by atoms with Crippen LogP contribution in [0.4, 0.5) is 0 Å². The van der Waals surface area contributed by atoms with Gasteiger partial charge in [-0.25, -0.2) is 0 Å².